The predicted molar refractivity (Wildman–Crippen MR) is 124 cm³/mol. The highest BCUT2D eigenvalue weighted by Gasteiger charge is 2.31. The Bertz CT molecular complexity index is 1280. The first kappa shape index (κ1) is 23.3. The molecule has 0 aliphatic carbocycles. The molecule has 2 aromatic carbocycles. The van der Waals surface area contributed by atoms with Crippen LogP contribution in [0.1, 0.15) is 37.0 Å². The first-order valence-electron chi connectivity index (χ1n) is 11.1. The fourth-order valence-electron chi connectivity index (χ4n) is 4.41. The van der Waals surface area contributed by atoms with E-state index < -0.39 is 21.7 Å². The molecular weight excluding hydrogens is 444 g/mol. The highest BCUT2D eigenvalue weighted by Crippen LogP contribution is 2.26. The molecule has 1 saturated heterocycles. The van der Waals surface area contributed by atoms with E-state index >= 15 is 0 Å². The van der Waals surface area contributed by atoms with Gasteiger partial charge in [0.2, 0.25) is 10.0 Å². The van der Waals surface area contributed by atoms with Crippen LogP contribution in [0.25, 0.3) is 11.1 Å². The third kappa shape index (κ3) is 5.04. The van der Waals surface area contributed by atoms with Crippen molar-refractivity contribution in [2.45, 2.75) is 38.1 Å². The maximum absolute atomic E-state index is 13.0. The van der Waals surface area contributed by atoms with Crippen molar-refractivity contribution in [2.24, 2.45) is 11.8 Å². The molecule has 8 nitrogen and oxygen atoms in total. The van der Waals surface area contributed by atoms with Crippen LogP contribution in [0.4, 0.5) is 0 Å². The lowest BCUT2D eigenvalue weighted by molar-refractivity contribution is 0.0495. The monoisotopic (exact) mass is 472 g/mol. The molecule has 0 radical (unpaired) electrons. The molecule has 0 N–H and O–H groups in total. The normalized spacial score (nSPS) is 19.6. The molecule has 9 heteroatoms. The SMILES string of the molecule is CC1CC(C)CN(S(=O)(=O)c2ccc(C(=O)OCCCn3c(=O)oc4ccccc43)cc2)C1. The molecule has 4 rings (SSSR count). The van der Waals surface area contributed by atoms with Crippen LogP contribution in [-0.2, 0) is 21.3 Å². The maximum Gasteiger partial charge on any atom is 0.419 e. The zero-order valence-electron chi connectivity index (χ0n) is 18.8. The number of nitrogens with zero attached hydrogens (tertiary/aromatic N) is 2. The number of benzene rings is 2. The predicted octanol–water partition coefficient (Wildman–Crippen LogP) is 3.51. The van der Waals surface area contributed by atoms with Gasteiger partial charge in [0.25, 0.3) is 0 Å². The Morgan fingerprint density at radius 3 is 2.42 bits per heavy atom. The topological polar surface area (TPSA) is 98.8 Å². The van der Waals surface area contributed by atoms with Gasteiger partial charge in [0.15, 0.2) is 5.58 Å². The molecule has 1 aliphatic heterocycles. The Morgan fingerprint density at radius 1 is 1.06 bits per heavy atom. The third-order valence-electron chi connectivity index (χ3n) is 5.90. The van der Waals surface area contributed by atoms with Crippen LogP contribution in [0.3, 0.4) is 0 Å². The van der Waals surface area contributed by atoms with Crippen LogP contribution in [0.15, 0.2) is 62.6 Å². The minimum Gasteiger partial charge on any atom is -0.462 e. The zero-order valence-corrected chi connectivity index (χ0v) is 19.6. The summed E-state index contributed by atoms with van der Waals surface area (Å²) in [5, 5.41) is 0. The van der Waals surface area contributed by atoms with Gasteiger partial charge in [-0.05, 0) is 61.1 Å². The number of hydrogen-bond donors (Lipinski definition) is 0. The number of aromatic nitrogens is 1. The van der Waals surface area contributed by atoms with E-state index in [2.05, 4.69) is 13.8 Å². The van der Waals surface area contributed by atoms with Crippen LogP contribution in [-0.4, -0.2) is 43.0 Å². The van der Waals surface area contributed by atoms with Crippen LogP contribution in [0.2, 0.25) is 0 Å². The second kappa shape index (κ2) is 9.52. The molecule has 3 aromatic rings. The van der Waals surface area contributed by atoms with E-state index in [4.69, 9.17) is 9.15 Å². The van der Waals surface area contributed by atoms with E-state index in [1.807, 2.05) is 6.07 Å². The van der Waals surface area contributed by atoms with E-state index in [9.17, 15) is 18.0 Å². The van der Waals surface area contributed by atoms with Crippen molar-refractivity contribution >= 4 is 27.1 Å². The van der Waals surface area contributed by atoms with Gasteiger partial charge in [-0.15, -0.1) is 0 Å². The van der Waals surface area contributed by atoms with Crippen LogP contribution in [0, 0.1) is 11.8 Å². The number of fused-ring (bicyclic) bond motifs is 1. The highest BCUT2D eigenvalue weighted by atomic mass is 32.2. The number of esters is 1. The van der Waals surface area contributed by atoms with Gasteiger partial charge in [-0.3, -0.25) is 4.57 Å². The summed E-state index contributed by atoms with van der Waals surface area (Å²) in [4.78, 5) is 24.5. The van der Waals surface area contributed by atoms with E-state index in [1.54, 1.807) is 18.2 Å². The van der Waals surface area contributed by atoms with Gasteiger partial charge in [0.05, 0.1) is 22.6 Å². The summed E-state index contributed by atoms with van der Waals surface area (Å²) in [6.45, 7) is 5.60. The summed E-state index contributed by atoms with van der Waals surface area (Å²) in [6, 6.07) is 13.0. The number of ether oxygens (including phenoxy) is 1. The largest absolute Gasteiger partial charge is 0.462 e. The van der Waals surface area contributed by atoms with Crippen molar-refractivity contribution in [2.75, 3.05) is 19.7 Å². The summed E-state index contributed by atoms with van der Waals surface area (Å²) in [7, 11) is -3.60. The Hall–Kier alpha value is -2.91. The standard InChI is InChI=1S/C24H28N2O6S/c1-17-14-18(2)16-25(15-17)33(29,30)20-10-8-19(9-11-20)23(27)31-13-5-12-26-21-6-3-4-7-22(21)32-24(26)28/h3-4,6-11,17-18H,5,12-16H2,1-2H3. The summed E-state index contributed by atoms with van der Waals surface area (Å²) >= 11 is 0. The molecule has 33 heavy (non-hydrogen) atoms. The van der Waals surface area contributed by atoms with Crippen molar-refractivity contribution in [1.29, 1.82) is 0 Å². The van der Waals surface area contributed by atoms with Crippen molar-refractivity contribution < 1.29 is 22.4 Å². The average molecular weight is 473 g/mol. The molecule has 0 bridgehead atoms. The number of aryl methyl sites for hydroxylation is 1. The third-order valence-corrected chi connectivity index (χ3v) is 7.74. The number of piperidine rings is 1. The molecule has 0 amide bonds. The fraction of sp³-hybridized carbons (Fsp3) is 0.417. The van der Waals surface area contributed by atoms with Gasteiger partial charge in [0.1, 0.15) is 0 Å². The highest BCUT2D eigenvalue weighted by molar-refractivity contribution is 7.89. The number of sulfonamides is 1. The lowest BCUT2D eigenvalue weighted by atomic mass is 9.94. The van der Waals surface area contributed by atoms with Crippen LogP contribution in [0.5, 0.6) is 0 Å². The number of carbonyl (C=O) groups excluding carboxylic acids is 1. The lowest BCUT2D eigenvalue weighted by Crippen LogP contribution is -2.42. The minimum atomic E-state index is -3.60. The van der Waals surface area contributed by atoms with Gasteiger partial charge in [-0.1, -0.05) is 26.0 Å². The zero-order chi connectivity index (χ0) is 23.6. The summed E-state index contributed by atoms with van der Waals surface area (Å²) < 4.78 is 39.5. The quantitative estimate of drug-likeness (QED) is 0.385. The van der Waals surface area contributed by atoms with Crippen LogP contribution < -0.4 is 5.76 Å². The van der Waals surface area contributed by atoms with E-state index in [1.165, 1.54) is 33.1 Å². The van der Waals surface area contributed by atoms with Crippen molar-refractivity contribution in [1.82, 2.24) is 8.87 Å². The number of oxazole rings is 1. The molecule has 2 heterocycles. The molecule has 2 unspecified atom stereocenters. The van der Waals surface area contributed by atoms with Gasteiger partial charge < -0.3 is 9.15 Å². The smallest absolute Gasteiger partial charge is 0.419 e. The van der Waals surface area contributed by atoms with Gasteiger partial charge in [-0.25, -0.2) is 18.0 Å². The number of rotatable bonds is 7. The van der Waals surface area contributed by atoms with Crippen molar-refractivity contribution in [3.63, 3.8) is 0 Å². The lowest BCUT2D eigenvalue weighted by Gasteiger charge is -2.34. The first-order valence-corrected chi connectivity index (χ1v) is 12.6. The Morgan fingerprint density at radius 2 is 1.73 bits per heavy atom. The summed E-state index contributed by atoms with van der Waals surface area (Å²) in [5.74, 6) is -0.359. The second-order valence-corrected chi connectivity index (χ2v) is 10.7. The van der Waals surface area contributed by atoms with Gasteiger partial charge in [0, 0.05) is 19.6 Å². The molecular formula is C24H28N2O6S. The summed E-state index contributed by atoms with van der Waals surface area (Å²) in [6.07, 6.45) is 1.45. The van der Waals surface area contributed by atoms with E-state index in [0.717, 1.165) is 6.42 Å². The second-order valence-electron chi connectivity index (χ2n) is 8.77. The number of para-hydroxylation sites is 2. The molecule has 1 aromatic heterocycles. The molecule has 0 saturated carbocycles. The number of hydrogen-bond acceptors (Lipinski definition) is 6. The molecule has 1 fully saturated rings. The molecule has 0 spiro atoms. The minimum absolute atomic E-state index is 0.119. The summed E-state index contributed by atoms with van der Waals surface area (Å²) in [5.41, 5.74) is 1.49. The molecule has 1 aliphatic rings. The average Bonchev–Trinajstić information content (AvgIpc) is 3.11. The van der Waals surface area contributed by atoms with E-state index in [-0.39, 0.29) is 17.1 Å². The van der Waals surface area contributed by atoms with Crippen molar-refractivity contribution in [3.05, 3.63) is 64.6 Å². The maximum atomic E-state index is 13.0. The van der Waals surface area contributed by atoms with Crippen molar-refractivity contribution in [3.8, 4) is 0 Å². The van der Waals surface area contributed by atoms with Gasteiger partial charge >= 0.3 is 11.7 Å². The Labute approximate surface area is 192 Å². The van der Waals surface area contributed by atoms with Gasteiger partial charge in [-0.2, -0.15) is 4.31 Å². The first-order chi connectivity index (χ1) is 15.8. The Kier molecular flexibility index (Phi) is 6.71. The molecule has 2 atom stereocenters. The van der Waals surface area contributed by atoms with Crippen LogP contribution >= 0.6 is 0 Å². The Balaban J connectivity index is 1.34. The fourth-order valence-corrected chi connectivity index (χ4v) is 6.09. The van der Waals surface area contributed by atoms with E-state index in [0.29, 0.717) is 49.0 Å². The number of carbonyl (C=O) groups is 1. The molecule has 176 valence electrons.